The summed E-state index contributed by atoms with van der Waals surface area (Å²) in [5.41, 5.74) is 0.505. The minimum atomic E-state index is -0.659. The fourth-order valence-electron chi connectivity index (χ4n) is 1.82. The van der Waals surface area contributed by atoms with Crippen molar-refractivity contribution in [1.82, 2.24) is 4.98 Å². The van der Waals surface area contributed by atoms with Gasteiger partial charge in [-0.25, -0.2) is 0 Å². The first-order valence-electron chi connectivity index (χ1n) is 7.31. The van der Waals surface area contributed by atoms with Gasteiger partial charge in [-0.1, -0.05) is 27.4 Å². The van der Waals surface area contributed by atoms with Crippen LogP contribution in [0.4, 0.5) is 17.3 Å². The number of ether oxygens (including phenoxy) is 1. The van der Waals surface area contributed by atoms with Gasteiger partial charge in [-0.3, -0.25) is 10.1 Å². The highest BCUT2D eigenvalue weighted by Gasteiger charge is 2.26. The van der Waals surface area contributed by atoms with E-state index in [4.69, 9.17) is 4.74 Å². The number of aromatic nitrogens is 1. The maximum absolute atomic E-state index is 11.6. The first-order valence-corrected chi connectivity index (χ1v) is 7.31. The van der Waals surface area contributed by atoms with Crippen LogP contribution in [0.1, 0.15) is 20.8 Å². The van der Waals surface area contributed by atoms with Gasteiger partial charge in [0.1, 0.15) is 5.69 Å². The van der Waals surface area contributed by atoms with Crippen molar-refractivity contribution >= 4 is 23.2 Å². The molecule has 1 aromatic heterocycles. The summed E-state index contributed by atoms with van der Waals surface area (Å²) in [6.45, 7) is 10.1. The second-order valence-electron chi connectivity index (χ2n) is 6.28. The highest BCUT2D eigenvalue weighted by molar-refractivity contribution is 6.00. The molecule has 0 aliphatic heterocycles. The Labute approximate surface area is 141 Å². The molecule has 0 unspecified atom stereocenters. The van der Waals surface area contributed by atoms with E-state index in [1.54, 1.807) is 7.05 Å². The van der Waals surface area contributed by atoms with Crippen molar-refractivity contribution in [2.75, 3.05) is 30.9 Å². The fourth-order valence-corrected chi connectivity index (χ4v) is 1.82. The number of carbonyl (C=O) groups excluding carboxylic acids is 1. The number of anilines is 2. The van der Waals surface area contributed by atoms with E-state index in [-0.39, 0.29) is 17.0 Å². The van der Waals surface area contributed by atoms with Gasteiger partial charge in [0.15, 0.2) is 0 Å². The third-order valence-corrected chi connectivity index (χ3v) is 3.16. The summed E-state index contributed by atoms with van der Waals surface area (Å²) in [4.78, 5) is 27.8. The van der Waals surface area contributed by atoms with Crippen molar-refractivity contribution < 1.29 is 14.5 Å². The fraction of sp³-hybridized carbons (Fsp3) is 0.438. The summed E-state index contributed by atoms with van der Waals surface area (Å²) in [6.07, 6.45) is 3.16. The lowest BCUT2D eigenvalue weighted by Gasteiger charge is -2.25. The summed E-state index contributed by atoms with van der Waals surface area (Å²) in [5.74, 6) is -0.864. The van der Waals surface area contributed by atoms with Crippen LogP contribution in [0.15, 0.2) is 18.7 Å². The number of nitrogens with one attached hydrogen (secondary N) is 1. The molecule has 1 heterocycles. The van der Waals surface area contributed by atoms with Crippen LogP contribution in [0.25, 0.3) is 0 Å². The van der Waals surface area contributed by atoms with Crippen molar-refractivity contribution in [2.45, 2.75) is 20.8 Å². The number of hydrogen-bond donors (Lipinski definition) is 1. The second kappa shape index (κ2) is 7.76. The van der Waals surface area contributed by atoms with Gasteiger partial charge in [0.05, 0.1) is 7.11 Å². The highest BCUT2D eigenvalue weighted by atomic mass is 16.6. The standard InChI is InChI=1S/C16H23N4O4/c1-7-13(21)17-14-11(19(5)9-8-16(2,3)4)10-12(24-6)15(18-14)20(22)23/h7-8,10H,1,9H2,2-6H3,(H,17,18,21). The molecule has 0 fully saturated rings. The zero-order valence-electron chi connectivity index (χ0n) is 14.6. The number of nitro groups is 1. The molecule has 0 saturated heterocycles. The van der Waals surface area contributed by atoms with Crippen molar-refractivity contribution in [3.8, 4) is 5.75 Å². The number of rotatable bonds is 7. The summed E-state index contributed by atoms with van der Waals surface area (Å²) in [7, 11) is 3.13. The van der Waals surface area contributed by atoms with Crippen LogP contribution in [0.3, 0.4) is 0 Å². The Morgan fingerprint density at radius 2 is 2.17 bits per heavy atom. The molecule has 1 aromatic rings. The number of hydrogen-bond acceptors (Lipinski definition) is 6. The Bertz CT molecular complexity index is 638. The van der Waals surface area contributed by atoms with E-state index < -0.39 is 16.6 Å². The minimum Gasteiger partial charge on any atom is -0.489 e. The lowest BCUT2D eigenvalue weighted by atomic mass is 9.92. The van der Waals surface area contributed by atoms with Crippen molar-refractivity contribution in [2.24, 2.45) is 5.41 Å². The smallest absolute Gasteiger partial charge is 0.408 e. The van der Waals surface area contributed by atoms with E-state index in [0.29, 0.717) is 12.2 Å². The SMILES string of the molecule is C=CC(=O)Nc1nc([N+](=O)[O-])c(OC)cc1N(C)C[CH]C(C)(C)C. The summed E-state index contributed by atoms with van der Waals surface area (Å²) < 4.78 is 5.06. The van der Waals surface area contributed by atoms with Gasteiger partial charge in [0.25, 0.3) is 11.7 Å². The molecule has 1 amide bonds. The zero-order chi connectivity index (χ0) is 18.5. The summed E-state index contributed by atoms with van der Waals surface area (Å²) >= 11 is 0. The summed E-state index contributed by atoms with van der Waals surface area (Å²) in [6, 6.07) is 1.49. The zero-order valence-corrected chi connectivity index (χ0v) is 14.6. The number of pyridine rings is 1. The molecular formula is C16H23N4O4. The van der Waals surface area contributed by atoms with Crippen LogP contribution >= 0.6 is 0 Å². The van der Waals surface area contributed by atoms with Crippen molar-refractivity contribution in [3.05, 3.63) is 35.3 Å². The topological polar surface area (TPSA) is 97.6 Å². The lowest BCUT2D eigenvalue weighted by molar-refractivity contribution is -0.390. The third kappa shape index (κ3) is 5.22. The van der Waals surface area contributed by atoms with E-state index in [9.17, 15) is 14.9 Å². The Morgan fingerprint density at radius 3 is 2.62 bits per heavy atom. The number of nitrogens with zero attached hydrogens (tertiary/aromatic N) is 3. The molecule has 0 aliphatic carbocycles. The molecule has 0 atom stereocenters. The van der Waals surface area contributed by atoms with E-state index in [1.165, 1.54) is 13.2 Å². The molecule has 0 saturated carbocycles. The molecule has 0 bridgehead atoms. The van der Waals surface area contributed by atoms with E-state index in [2.05, 4.69) is 44.1 Å². The van der Waals surface area contributed by atoms with Crippen LogP contribution in [0.5, 0.6) is 5.75 Å². The Kier molecular flexibility index (Phi) is 6.27. The van der Waals surface area contributed by atoms with Crippen LogP contribution < -0.4 is 15.0 Å². The van der Waals surface area contributed by atoms with E-state index in [0.717, 1.165) is 6.08 Å². The molecule has 0 aromatic carbocycles. The average molecular weight is 335 g/mol. The first-order chi connectivity index (χ1) is 11.1. The predicted octanol–water partition coefficient (Wildman–Crippen LogP) is 2.81. The average Bonchev–Trinajstić information content (AvgIpc) is 2.51. The molecule has 24 heavy (non-hydrogen) atoms. The largest absolute Gasteiger partial charge is 0.489 e. The number of methoxy groups -OCH3 is 1. The lowest BCUT2D eigenvalue weighted by Crippen LogP contribution is -2.25. The van der Waals surface area contributed by atoms with Crippen LogP contribution in [0, 0.1) is 22.0 Å². The van der Waals surface area contributed by atoms with Gasteiger partial charge in [0.2, 0.25) is 5.75 Å². The Balaban J connectivity index is 3.30. The van der Waals surface area contributed by atoms with Gasteiger partial charge in [-0.15, -0.1) is 0 Å². The molecule has 8 heteroatoms. The molecule has 1 N–H and O–H groups in total. The molecular weight excluding hydrogens is 312 g/mol. The molecule has 8 nitrogen and oxygen atoms in total. The number of carbonyl (C=O) groups is 1. The quantitative estimate of drug-likeness (QED) is 0.467. The van der Waals surface area contributed by atoms with Crippen molar-refractivity contribution in [1.29, 1.82) is 0 Å². The maximum atomic E-state index is 11.6. The van der Waals surface area contributed by atoms with Crippen LogP contribution in [-0.4, -0.2) is 36.5 Å². The molecule has 1 radical (unpaired) electrons. The maximum Gasteiger partial charge on any atom is 0.408 e. The monoisotopic (exact) mass is 335 g/mol. The number of amides is 1. The predicted molar refractivity (Wildman–Crippen MR) is 93.3 cm³/mol. The second-order valence-corrected chi connectivity index (χ2v) is 6.28. The van der Waals surface area contributed by atoms with E-state index >= 15 is 0 Å². The van der Waals surface area contributed by atoms with Gasteiger partial charge in [-0.05, 0) is 27.8 Å². The van der Waals surface area contributed by atoms with Gasteiger partial charge in [0, 0.05) is 19.7 Å². The van der Waals surface area contributed by atoms with Gasteiger partial charge in [-0.2, -0.15) is 0 Å². The van der Waals surface area contributed by atoms with Crippen LogP contribution in [0.2, 0.25) is 0 Å². The molecule has 131 valence electrons. The van der Waals surface area contributed by atoms with Gasteiger partial charge < -0.3 is 19.8 Å². The first kappa shape index (κ1) is 19.4. The van der Waals surface area contributed by atoms with Gasteiger partial charge >= 0.3 is 5.82 Å². The Hall–Kier alpha value is -2.64. The molecule has 1 rings (SSSR count). The normalized spacial score (nSPS) is 10.9. The molecule has 0 spiro atoms. The molecule has 0 aliphatic rings. The van der Waals surface area contributed by atoms with E-state index in [1.807, 2.05) is 4.90 Å². The Morgan fingerprint density at radius 1 is 1.54 bits per heavy atom. The van der Waals surface area contributed by atoms with Crippen LogP contribution in [-0.2, 0) is 4.79 Å². The summed E-state index contributed by atoms with van der Waals surface area (Å²) in [5, 5.41) is 13.6. The van der Waals surface area contributed by atoms with Crippen molar-refractivity contribution in [3.63, 3.8) is 0 Å². The highest BCUT2D eigenvalue weighted by Crippen LogP contribution is 2.35. The minimum absolute atomic E-state index is 0.00290. The third-order valence-electron chi connectivity index (χ3n) is 3.16.